The Balaban J connectivity index is 2.38. The Morgan fingerprint density at radius 2 is 2.28 bits per heavy atom. The van der Waals surface area contributed by atoms with Crippen LogP contribution in [0.2, 0.25) is 0 Å². The summed E-state index contributed by atoms with van der Waals surface area (Å²) in [5.41, 5.74) is 0. The molecular weight excluding hydrogens is 232 g/mol. The molecule has 98 valence electrons. The molecule has 2 N–H and O–H groups in total. The molecule has 0 aromatic heterocycles. The molecule has 2 amide bonds. The number of amides is 2. The minimum Gasteiger partial charge on any atom is -0.480 e. The fraction of sp³-hybridized carbons (Fsp3) is 0.538. The summed E-state index contributed by atoms with van der Waals surface area (Å²) in [5, 5.41) is 11.4. The monoisotopic (exact) mass is 250 g/mol. The molecular formula is C13H18N2O3. The minimum atomic E-state index is -1.07. The van der Waals surface area contributed by atoms with Crippen molar-refractivity contribution in [1.29, 1.82) is 0 Å². The van der Waals surface area contributed by atoms with Crippen molar-refractivity contribution in [2.75, 3.05) is 19.6 Å². The van der Waals surface area contributed by atoms with Gasteiger partial charge in [-0.3, -0.25) is 4.79 Å². The van der Waals surface area contributed by atoms with Crippen LogP contribution in [0, 0.1) is 18.3 Å². The number of hydrogen-bond acceptors (Lipinski definition) is 2. The van der Waals surface area contributed by atoms with Crippen LogP contribution in [-0.2, 0) is 4.79 Å². The highest BCUT2D eigenvalue weighted by molar-refractivity contribution is 5.80. The number of carbonyl (C=O) groups excluding carboxylic acids is 1. The fourth-order valence-electron chi connectivity index (χ4n) is 1.86. The number of nitrogens with one attached hydrogen (secondary N) is 1. The van der Waals surface area contributed by atoms with Crippen LogP contribution >= 0.6 is 0 Å². The summed E-state index contributed by atoms with van der Waals surface area (Å²) in [4.78, 5) is 23.5. The molecule has 0 radical (unpaired) electrons. The molecule has 0 aromatic rings. The summed E-state index contributed by atoms with van der Waals surface area (Å²) in [7, 11) is 0. The van der Waals surface area contributed by atoms with Crippen LogP contribution in [0.5, 0.6) is 0 Å². The van der Waals surface area contributed by atoms with Crippen molar-refractivity contribution in [3.63, 3.8) is 0 Å². The Kier molecular flexibility index (Phi) is 5.78. The first-order valence-electron chi connectivity index (χ1n) is 5.96. The zero-order valence-electron chi connectivity index (χ0n) is 10.3. The van der Waals surface area contributed by atoms with Gasteiger partial charge >= 0.3 is 12.0 Å². The summed E-state index contributed by atoms with van der Waals surface area (Å²) >= 11 is 0. The van der Waals surface area contributed by atoms with Gasteiger partial charge in [0.1, 0.15) is 6.54 Å². The Morgan fingerprint density at radius 3 is 2.83 bits per heavy atom. The van der Waals surface area contributed by atoms with Crippen molar-refractivity contribution >= 4 is 12.0 Å². The number of urea groups is 1. The van der Waals surface area contributed by atoms with E-state index in [1.54, 1.807) is 0 Å². The number of rotatable bonds is 5. The molecule has 5 nitrogen and oxygen atoms in total. The smallest absolute Gasteiger partial charge is 0.323 e. The molecule has 5 heteroatoms. The van der Waals surface area contributed by atoms with Crippen molar-refractivity contribution < 1.29 is 14.7 Å². The van der Waals surface area contributed by atoms with Gasteiger partial charge in [0.05, 0.1) is 6.54 Å². The lowest BCUT2D eigenvalue weighted by Crippen LogP contribution is -2.44. The molecule has 0 fully saturated rings. The van der Waals surface area contributed by atoms with Crippen molar-refractivity contribution in [3.05, 3.63) is 12.2 Å². The van der Waals surface area contributed by atoms with Crippen LogP contribution in [0.3, 0.4) is 0 Å². The van der Waals surface area contributed by atoms with Crippen molar-refractivity contribution in [2.24, 2.45) is 5.92 Å². The average Bonchev–Trinajstić information content (AvgIpc) is 2.36. The Labute approximate surface area is 107 Å². The van der Waals surface area contributed by atoms with Crippen molar-refractivity contribution in [2.45, 2.75) is 19.3 Å². The summed E-state index contributed by atoms with van der Waals surface area (Å²) in [6.45, 7) is 0.188. The third-order valence-electron chi connectivity index (χ3n) is 2.82. The number of nitrogens with zero attached hydrogens (tertiary/aromatic N) is 1. The lowest BCUT2D eigenvalue weighted by molar-refractivity contribution is -0.137. The first-order valence-corrected chi connectivity index (χ1v) is 5.96. The molecule has 1 unspecified atom stereocenters. The Bertz CT molecular complexity index is 371. The van der Waals surface area contributed by atoms with E-state index in [4.69, 9.17) is 11.5 Å². The number of terminal acetylenes is 1. The van der Waals surface area contributed by atoms with E-state index in [0.29, 0.717) is 12.5 Å². The third-order valence-corrected chi connectivity index (χ3v) is 2.82. The molecule has 1 aliphatic carbocycles. The summed E-state index contributed by atoms with van der Waals surface area (Å²) in [6.07, 6.45) is 12.4. The maximum atomic E-state index is 11.7. The second-order valence-corrected chi connectivity index (χ2v) is 4.29. The minimum absolute atomic E-state index is 0.00268. The van der Waals surface area contributed by atoms with Crippen LogP contribution in [0.4, 0.5) is 4.79 Å². The molecule has 0 heterocycles. The SMILES string of the molecule is C#CCN(CC(=O)O)C(=O)NCC1CC=CCC1. The van der Waals surface area contributed by atoms with Crippen LogP contribution in [0.1, 0.15) is 19.3 Å². The Hall–Kier alpha value is -1.96. The Morgan fingerprint density at radius 1 is 1.50 bits per heavy atom. The highest BCUT2D eigenvalue weighted by Crippen LogP contribution is 2.16. The number of carbonyl (C=O) groups is 2. The summed E-state index contributed by atoms with van der Waals surface area (Å²) in [6, 6.07) is -0.412. The number of hydrogen-bond donors (Lipinski definition) is 2. The zero-order chi connectivity index (χ0) is 13.4. The second kappa shape index (κ2) is 7.38. The molecule has 18 heavy (non-hydrogen) atoms. The average molecular weight is 250 g/mol. The van der Waals surface area contributed by atoms with E-state index in [2.05, 4.69) is 23.4 Å². The maximum absolute atomic E-state index is 11.7. The number of carboxylic acid groups (broad SMARTS) is 1. The van der Waals surface area contributed by atoms with Gasteiger partial charge in [-0.15, -0.1) is 6.42 Å². The number of allylic oxidation sites excluding steroid dienone is 2. The molecule has 1 atom stereocenters. The highest BCUT2D eigenvalue weighted by atomic mass is 16.4. The molecule has 0 aromatic carbocycles. The first kappa shape index (κ1) is 14.1. The number of aliphatic carboxylic acids is 1. The standard InChI is InChI=1S/C13H18N2O3/c1-2-8-15(10-12(16)17)13(18)14-9-11-6-4-3-5-7-11/h1,3-4,11H,5-10H2,(H,14,18)(H,16,17). The van der Waals surface area contributed by atoms with Crippen LogP contribution in [-0.4, -0.2) is 41.6 Å². The molecule has 0 saturated heterocycles. The van der Waals surface area contributed by atoms with Crippen molar-refractivity contribution in [1.82, 2.24) is 10.2 Å². The fourth-order valence-corrected chi connectivity index (χ4v) is 1.86. The van der Waals surface area contributed by atoms with E-state index >= 15 is 0 Å². The van der Waals surface area contributed by atoms with Gasteiger partial charge < -0.3 is 15.3 Å². The van der Waals surface area contributed by atoms with Gasteiger partial charge in [-0.2, -0.15) is 0 Å². The molecule has 0 aliphatic heterocycles. The van der Waals surface area contributed by atoms with E-state index in [-0.39, 0.29) is 13.1 Å². The lowest BCUT2D eigenvalue weighted by Gasteiger charge is -2.22. The second-order valence-electron chi connectivity index (χ2n) is 4.29. The van der Waals surface area contributed by atoms with Gasteiger partial charge in [-0.25, -0.2) is 4.79 Å². The maximum Gasteiger partial charge on any atom is 0.323 e. The lowest BCUT2D eigenvalue weighted by atomic mass is 9.94. The molecule has 0 spiro atoms. The quantitative estimate of drug-likeness (QED) is 0.566. The van der Waals surface area contributed by atoms with Gasteiger partial charge in [0.25, 0.3) is 0 Å². The first-order chi connectivity index (χ1) is 8.63. The van der Waals surface area contributed by atoms with E-state index in [1.807, 2.05) is 0 Å². The van der Waals surface area contributed by atoms with Gasteiger partial charge in [-0.05, 0) is 25.2 Å². The largest absolute Gasteiger partial charge is 0.480 e. The zero-order valence-corrected chi connectivity index (χ0v) is 10.3. The predicted octanol–water partition coefficient (Wildman–Crippen LogP) is 1.07. The highest BCUT2D eigenvalue weighted by Gasteiger charge is 2.17. The topological polar surface area (TPSA) is 69.6 Å². The molecule has 1 rings (SSSR count). The van der Waals surface area contributed by atoms with Gasteiger partial charge in [0.15, 0.2) is 0 Å². The van der Waals surface area contributed by atoms with E-state index in [9.17, 15) is 9.59 Å². The van der Waals surface area contributed by atoms with Gasteiger partial charge in [-0.1, -0.05) is 18.1 Å². The predicted molar refractivity (Wildman–Crippen MR) is 67.9 cm³/mol. The van der Waals surface area contributed by atoms with Crippen LogP contribution in [0.25, 0.3) is 0 Å². The van der Waals surface area contributed by atoms with E-state index in [0.717, 1.165) is 24.2 Å². The summed E-state index contributed by atoms with van der Waals surface area (Å²) in [5.74, 6) is 1.64. The molecule has 0 saturated carbocycles. The van der Waals surface area contributed by atoms with Crippen LogP contribution in [0.15, 0.2) is 12.2 Å². The number of carboxylic acids is 1. The molecule has 1 aliphatic rings. The normalized spacial score (nSPS) is 17.8. The molecule has 0 bridgehead atoms. The summed E-state index contributed by atoms with van der Waals surface area (Å²) < 4.78 is 0. The van der Waals surface area contributed by atoms with Gasteiger partial charge in [0, 0.05) is 6.54 Å². The van der Waals surface area contributed by atoms with Crippen LogP contribution < -0.4 is 5.32 Å². The van der Waals surface area contributed by atoms with E-state index in [1.165, 1.54) is 0 Å². The third kappa shape index (κ3) is 4.91. The van der Waals surface area contributed by atoms with E-state index < -0.39 is 12.0 Å². The van der Waals surface area contributed by atoms with Crippen molar-refractivity contribution in [3.8, 4) is 12.3 Å². The van der Waals surface area contributed by atoms with Gasteiger partial charge in [0.2, 0.25) is 0 Å².